The Hall–Kier alpha value is -0.770. The van der Waals surface area contributed by atoms with Crippen molar-refractivity contribution in [2.24, 2.45) is 5.92 Å². The van der Waals surface area contributed by atoms with E-state index in [4.69, 9.17) is 4.74 Å². The molecular weight excluding hydrogens is 242 g/mol. The fraction of sp³-hybridized carbons (Fsp3) is 0.933. The number of ether oxygens (including phenoxy) is 1. The summed E-state index contributed by atoms with van der Waals surface area (Å²) in [5, 5.41) is 10.6. The highest BCUT2D eigenvalue weighted by atomic mass is 16.6. The molecular formula is C15H27NO3. The molecule has 0 spiro atoms. The van der Waals surface area contributed by atoms with Crippen molar-refractivity contribution in [1.29, 1.82) is 0 Å². The molecule has 0 aromatic carbocycles. The van der Waals surface area contributed by atoms with Gasteiger partial charge in [0.2, 0.25) is 0 Å². The molecule has 4 heteroatoms. The third-order valence-electron chi connectivity index (χ3n) is 4.38. The Labute approximate surface area is 116 Å². The summed E-state index contributed by atoms with van der Waals surface area (Å²) in [7, 11) is 0. The van der Waals surface area contributed by atoms with E-state index in [0.29, 0.717) is 19.0 Å². The molecule has 110 valence electrons. The van der Waals surface area contributed by atoms with Crippen LogP contribution in [0.15, 0.2) is 0 Å². The van der Waals surface area contributed by atoms with Crippen molar-refractivity contribution in [3.05, 3.63) is 0 Å². The van der Waals surface area contributed by atoms with Crippen LogP contribution in [-0.2, 0) is 4.74 Å². The number of carbonyl (C=O) groups is 1. The van der Waals surface area contributed by atoms with Gasteiger partial charge in [-0.1, -0.05) is 12.8 Å². The summed E-state index contributed by atoms with van der Waals surface area (Å²) < 4.78 is 5.39. The Morgan fingerprint density at radius 2 is 1.74 bits per heavy atom. The molecule has 2 fully saturated rings. The summed E-state index contributed by atoms with van der Waals surface area (Å²) >= 11 is 0. The number of likely N-dealkylation sites (tertiary alicyclic amines) is 1. The quantitative estimate of drug-likeness (QED) is 0.796. The maximum absolute atomic E-state index is 12.0. The van der Waals surface area contributed by atoms with Crippen molar-refractivity contribution in [2.75, 3.05) is 13.1 Å². The first-order valence-electron chi connectivity index (χ1n) is 7.50. The van der Waals surface area contributed by atoms with Gasteiger partial charge in [0.25, 0.3) is 0 Å². The highest BCUT2D eigenvalue weighted by Crippen LogP contribution is 2.40. The monoisotopic (exact) mass is 269 g/mol. The van der Waals surface area contributed by atoms with Crippen LogP contribution in [0.4, 0.5) is 4.79 Å². The summed E-state index contributed by atoms with van der Waals surface area (Å²) in [6, 6.07) is 0. The number of piperidine rings is 1. The second-order valence-corrected chi connectivity index (χ2v) is 7.05. The van der Waals surface area contributed by atoms with E-state index >= 15 is 0 Å². The van der Waals surface area contributed by atoms with Crippen LogP contribution in [0, 0.1) is 5.92 Å². The molecule has 0 aromatic rings. The second kappa shape index (κ2) is 5.31. The van der Waals surface area contributed by atoms with Gasteiger partial charge in [0.05, 0.1) is 5.60 Å². The Kier molecular flexibility index (Phi) is 4.09. The van der Waals surface area contributed by atoms with Crippen molar-refractivity contribution in [1.82, 2.24) is 4.90 Å². The molecule has 1 aliphatic carbocycles. The highest BCUT2D eigenvalue weighted by molar-refractivity contribution is 5.68. The molecule has 19 heavy (non-hydrogen) atoms. The molecule has 2 rings (SSSR count). The molecule has 0 radical (unpaired) electrons. The van der Waals surface area contributed by atoms with Crippen LogP contribution in [0.2, 0.25) is 0 Å². The van der Waals surface area contributed by atoms with E-state index in [1.54, 1.807) is 4.90 Å². The van der Waals surface area contributed by atoms with Gasteiger partial charge in [-0.25, -0.2) is 4.79 Å². The molecule has 2 aliphatic rings. The van der Waals surface area contributed by atoms with E-state index in [-0.39, 0.29) is 6.09 Å². The van der Waals surface area contributed by atoms with Crippen molar-refractivity contribution >= 4 is 6.09 Å². The smallest absolute Gasteiger partial charge is 0.410 e. The van der Waals surface area contributed by atoms with Gasteiger partial charge in [0.1, 0.15) is 5.60 Å². The lowest BCUT2D eigenvalue weighted by molar-refractivity contribution is -0.0419. The van der Waals surface area contributed by atoms with Crippen LogP contribution in [0.5, 0.6) is 0 Å². The van der Waals surface area contributed by atoms with Crippen LogP contribution in [-0.4, -0.2) is 40.4 Å². The van der Waals surface area contributed by atoms with Crippen molar-refractivity contribution in [3.63, 3.8) is 0 Å². The first-order chi connectivity index (χ1) is 8.80. The number of nitrogens with zero attached hydrogens (tertiary/aromatic N) is 1. The van der Waals surface area contributed by atoms with E-state index in [1.807, 2.05) is 20.8 Å². The lowest BCUT2D eigenvalue weighted by Gasteiger charge is -2.39. The summed E-state index contributed by atoms with van der Waals surface area (Å²) in [6.07, 6.45) is 5.73. The Morgan fingerprint density at radius 1 is 1.21 bits per heavy atom. The topological polar surface area (TPSA) is 49.8 Å². The molecule has 1 N–H and O–H groups in total. The molecule has 4 nitrogen and oxygen atoms in total. The van der Waals surface area contributed by atoms with Gasteiger partial charge in [-0.05, 0) is 52.4 Å². The third-order valence-corrected chi connectivity index (χ3v) is 4.38. The summed E-state index contributed by atoms with van der Waals surface area (Å²) in [5.41, 5.74) is -0.891. The van der Waals surface area contributed by atoms with E-state index in [1.165, 1.54) is 0 Å². The SMILES string of the molecule is CC(C)(C)OC(=O)N1CCC(C2(O)CCCC2)CC1. The van der Waals surface area contributed by atoms with Crippen molar-refractivity contribution < 1.29 is 14.6 Å². The number of amides is 1. The Morgan fingerprint density at radius 3 is 2.21 bits per heavy atom. The molecule has 1 heterocycles. The predicted molar refractivity (Wildman–Crippen MR) is 73.9 cm³/mol. The standard InChI is InChI=1S/C15H27NO3/c1-14(2,3)19-13(17)16-10-6-12(7-11-16)15(18)8-4-5-9-15/h12,18H,4-11H2,1-3H3. The minimum atomic E-state index is -0.458. The molecule has 1 saturated carbocycles. The molecule has 1 amide bonds. The minimum absolute atomic E-state index is 0.218. The van der Waals surface area contributed by atoms with E-state index in [0.717, 1.165) is 38.5 Å². The number of carbonyl (C=O) groups excluding carboxylic acids is 1. The van der Waals surface area contributed by atoms with Crippen LogP contribution in [0.25, 0.3) is 0 Å². The summed E-state index contributed by atoms with van der Waals surface area (Å²) in [4.78, 5) is 13.7. The lowest BCUT2D eigenvalue weighted by atomic mass is 9.79. The summed E-state index contributed by atoms with van der Waals surface area (Å²) in [6.45, 7) is 7.08. The van der Waals surface area contributed by atoms with Gasteiger partial charge in [-0.15, -0.1) is 0 Å². The van der Waals surface area contributed by atoms with E-state index in [9.17, 15) is 9.90 Å². The number of hydrogen-bond donors (Lipinski definition) is 1. The fourth-order valence-corrected chi connectivity index (χ4v) is 3.32. The van der Waals surface area contributed by atoms with Gasteiger partial charge in [-0.2, -0.15) is 0 Å². The van der Waals surface area contributed by atoms with E-state index in [2.05, 4.69) is 0 Å². The maximum Gasteiger partial charge on any atom is 0.410 e. The number of aliphatic hydroxyl groups is 1. The van der Waals surface area contributed by atoms with Gasteiger partial charge < -0.3 is 14.7 Å². The van der Waals surface area contributed by atoms with Gasteiger partial charge in [-0.3, -0.25) is 0 Å². The van der Waals surface area contributed by atoms with Crippen molar-refractivity contribution in [2.45, 2.75) is 70.5 Å². The van der Waals surface area contributed by atoms with Crippen molar-refractivity contribution in [3.8, 4) is 0 Å². The number of rotatable bonds is 1. The largest absolute Gasteiger partial charge is 0.444 e. The van der Waals surface area contributed by atoms with Crippen LogP contribution < -0.4 is 0 Å². The minimum Gasteiger partial charge on any atom is -0.444 e. The molecule has 1 saturated heterocycles. The lowest BCUT2D eigenvalue weighted by Crippen LogP contribution is -2.46. The van der Waals surface area contributed by atoms with Gasteiger partial charge in [0, 0.05) is 13.1 Å². The average Bonchev–Trinajstić information content (AvgIpc) is 2.75. The Bertz CT molecular complexity index is 321. The van der Waals surface area contributed by atoms with Gasteiger partial charge in [0.15, 0.2) is 0 Å². The molecule has 1 aliphatic heterocycles. The van der Waals surface area contributed by atoms with E-state index < -0.39 is 11.2 Å². The molecule has 0 bridgehead atoms. The average molecular weight is 269 g/mol. The first-order valence-corrected chi connectivity index (χ1v) is 7.50. The summed E-state index contributed by atoms with van der Waals surface area (Å²) in [5.74, 6) is 0.355. The first kappa shape index (κ1) is 14.6. The zero-order chi connectivity index (χ0) is 14.1. The fourth-order valence-electron chi connectivity index (χ4n) is 3.32. The third kappa shape index (κ3) is 3.62. The zero-order valence-electron chi connectivity index (χ0n) is 12.4. The van der Waals surface area contributed by atoms with Crippen LogP contribution in [0.3, 0.4) is 0 Å². The maximum atomic E-state index is 12.0. The normalized spacial score (nSPS) is 24.5. The molecule has 0 atom stereocenters. The van der Waals surface area contributed by atoms with Crippen LogP contribution >= 0.6 is 0 Å². The molecule has 0 unspecified atom stereocenters. The zero-order valence-corrected chi connectivity index (χ0v) is 12.4. The Balaban J connectivity index is 1.84. The van der Waals surface area contributed by atoms with Gasteiger partial charge >= 0.3 is 6.09 Å². The van der Waals surface area contributed by atoms with Crippen LogP contribution in [0.1, 0.15) is 59.3 Å². The second-order valence-electron chi connectivity index (χ2n) is 7.05. The number of hydrogen-bond acceptors (Lipinski definition) is 3. The molecule has 0 aromatic heterocycles. The highest BCUT2D eigenvalue weighted by Gasteiger charge is 2.41. The predicted octanol–water partition coefficient (Wildman–Crippen LogP) is 2.94.